The zero-order valence-electron chi connectivity index (χ0n) is 22.5. The van der Waals surface area contributed by atoms with Gasteiger partial charge in [0.2, 0.25) is 17.7 Å². The van der Waals surface area contributed by atoms with Crippen LogP contribution in [0.2, 0.25) is 0 Å². The van der Waals surface area contributed by atoms with Gasteiger partial charge in [0.1, 0.15) is 17.7 Å². The molecule has 2 rings (SSSR count). The lowest BCUT2D eigenvalue weighted by molar-refractivity contribution is -0.141. The third kappa shape index (κ3) is 8.84. The Morgan fingerprint density at radius 1 is 1.08 bits per heavy atom. The van der Waals surface area contributed by atoms with Crippen LogP contribution in [0.4, 0.5) is 4.79 Å². The van der Waals surface area contributed by atoms with E-state index in [1.807, 2.05) is 32.0 Å². The molecule has 200 valence electrons. The third-order valence-corrected chi connectivity index (χ3v) is 6.45. The summed E-state index contributed by atoms with van der Waals surface area (Å²) in [6, 6.07) is 3.74. The second-order valence-electron chi connectivity index (χ2n) is 10.7. The lowest BCUT2D eigenvalue weighted by atomic mass is 9.94. The highest BCUT2D eigenvalue weighted by molar-refractivity contribution is 5.92. The highest BCUT2D eigenvalue weighted by Gasteiger charge is 2.35. The van der Waals surface area contributed by atoms with Gasteiger partial charge in [0.15, 0.2) is 0 Å². The van der Waals surface area contributed by atoms with E-state index in [1.54, 1.807) is 20.8 Å². The van der Waals surface area contributed by atoms with Gasteiger partial charge in [-0.1, -0.05) is 37.5 Å². The molecule has 1 aromatic rings. The van der Waals surface area contributed by atoms with Crippen LogP contribution < -0.4 is 16.4 Å². The van der Waals surface area contributed by atoms with Crippen molar-refractivity contribution in [3.05, 3.63) is 34.9 Å². The summed E-state index contributed by atoms with van der Waals surface area (Å²) in [5.41, 5.74) is 7.29. The minimum Gasteiger partial charge on any atom is -0.444 e. The van der Waals surface area contributed by atoms with Crippen molar-refractivity contribution in [2.75, 3.05) is 7.05 Å². The summed E-state index contributed by atoms with van der Waals surface area (Å²) in [6.45, 7) is 9.07. The molecule has 1 aliphatic rings. The van der Waals surface area contributed by atoms with Crippen LogP contribution in [0, 0.1) is 13.8 Å². The molecule has 9 heteroatoms. The number of nitrogens with zero attached hydrogens (tertiary/aromatic N) is 1. The van der Waals surface area contributed by atoms with Crippen molar-refractivity contribution in [1.29, 1.82) is 0 Å². The van der Waals surface area contributed by atoms with Crippen molar-refractivity contribution < 1.29 is 23.9 Å². The second kappa shape index (κ2) is 12.7. The molecule has 1 aliphatic carbocycles. The van der Waals surface area contributed by atoms with Gasteiger partial charge in [0.25, 0.3) is 0 Å². The molecule has 9 nitrogen and oxygen atoms in total. The largest absolute Gasteiger partial charge is 0.444 e. The van der Waals surface area contributed by atoms with E-state index in [0.717, 1.165) is 43.2 Å². The number of nitrogens with one attached hydrogen (secondary N) is 2. The first-order valence-corrected chi connectivity index (χ1v) is 12.7. The van der Waals surface area contributed by atoms with E-state index in [1.165, 1.54) is 11.9 Å². The average molecular weight is 503 g/mol. The van der Waals surface area contributed by atoms with E-state index in [2.05, 4.69) is 10.6 Å². The fraction of sp³-hybridized carbons (Fsp3) is 0.630. The molecule has 2 unspecified atom stereocenters. The Bertz CT molecular complexity index is 950. The summed E-state index contributed by atoms with van der Waals surface area (Å²) in [5.74, 6) is -1.38. The first-order valence-electron chi connectivity index (χ1n) is 12.7. The number of carbonyl (C=O) groups excluding carboxylic acids is 4. The van der Waals surface area contributed by atoms with Gasteiger partial charge in [0, 0.05) is 19.5 Å². The highest BCUT2D eigenvalue weighted by Crippen LogP contribution is 2.26. The van der Waals surface area contributed by atoms with Crippen LogP contribution in [0.25, 0.3) is 0 Å². The van der Waals surface area contributed by atoms with Gasteiger partial charge in [-0.15, -0.1) is 0 Å². The van der Waals surface area contributed by atoms with Crippen LogP contribution in [-0.4, -0.2) is 53.4 Å². The van der Waals surface area contributed by atoms with Crippen LogP contribution >= 0.6 is 0 Å². The van der Waals surface area contributed by atoms with E-state index in [0.29, 0.717) is 5.56 Å². The van der Waals surface area contributed by atoms with Crippen LogP contribution in [0.1, 0.15) is 88.4 Å². The summed E-state index contributed by atoms with van der Waals surface area (Å²) in [6.07, 6.45) is 4.18. The number of aryl methyl sites for hydroxylation is 2. The van der Waals surface area contributed by atoms with Gasteiger partial charge in [-0.25, -0.2) is 4.79 Å². The first kappa shape index (κ1) is 29.1. The number of nitrogens with two attached hydrogens (primary N) is 1. The number of amides is 4. The molecule has 1 aromatic carbocycles. The fourth-order valence-electron chi connectivity index (χ4n) is 4.38. The van der Waals surface area contributed by atoms with Crippen molar-refractivity contribution in [3.8, 4) is 0 Å². The molecule has 2 atom stereocenters. The number of likely N-dealkylation sites (N-methyl/N-ethyl adjacent to an activating group) is 1. The van der Waals surface area contributed by atoms with E-state index in [-0.39, 0.29) is 24.8 Å². The predicted octanol–water partition coefficient (Wildman–Crippen LogP) is 3.41. The van der Waals surface area contributed by atoms with Crippen molar-refractivity contribution in [1.82, 2.24) is 15.5 Å². The summed E-state index contributed by atoms with van der Waals surface area (Å²) in [7, 11) is 1.54. The van der Waals surface area contributed by atoms with Crippen LogP contribution in [0.5, 0.6) is 0 Å². The maximum absolute atomic E-state index is 13.6. The van der Waals surface area contributed by atoms with Crippen molar-refractivity contribution in [2.45, 2.75) is 103 Å². The highest BCUT2D eigenvalue weighted by atomic mass is 16.6. The Morgan fingerprint density at radius 3 is 2.28 bits per heavy atom. The first-order chi connectivity index (χ1) is 16.8. The Hall–Kier alpha value is -3.10. The lowest BCUT2D eigenvalue weighted by Gasteiger charge is -2.33. The molecular formula is C27H42N4O5. The number of hydrogen-bond acceptors (Lipinski definition) is 5. The molecule has 0 aromatic heterocycles. The van der Waals surface area contributed by atoms with Gasteiger partial charge in [-0.3, -0.25) is 14.4 Å². The minimum atomic E-state index is -1.09. The molecule has 1 fully saturated rings. The lowest BCUT2D eigenvalue weighted by Crippen LogP contribution is -2.52. The van der Waals surface area contributed by atoms with Crippen LogP contribution in [0.3, 0.4) is 0 Å². The Labute approximate surface area is 214 Å². The molecule has 1 saturated carbocycles. The minimum absolute atomic E-state index is 0.0123. The van der Waals surface area contributed by atoms with Crippen LogP contribution in [0.15, 0.2) is 18.2 Å². The molecule has 36 heavy (non-hydrogen) atoms. The monoisotopic (exact) mass is 502 g/mol. The van der Waals surface area contributed by atoms with Gasteiger partial charge < -0.3 is 26.0 Å². The van der Waals surface area contributed by atoms with Crippen molar-refractivity contribution >= 4 is 23.8 Å². The van der Waals surface area contributed by atoms with Gasteiger partial charge in [0.05, 0.1) is 0 Å². The Morgan fingerprint density at radius 2 is 1.72 bits per heavy atom. The van der Waals surface area contributed by atoms with Crippen LogP contribution in [-0.2, 0) is 19.1 Å². The van der Waals surface area contributed by atoms with Crippen molar-refractivity contribution in [2.24, 2.45) is 5.73 Å². The number of hydrogen-bond donors (Lipinski definition) is 3. The Balaban J connectivity index is 2.34. The van der Waals surface area contributed by atoms with Gasteiger partial charge in [-0.2, -0.15) is 0 Å². The maximum atomic E-state index is 13.6. The second-order valence-corrected chi connectivity index (χ2v) is 10.7. The molecular weight excluding hydrogens is 460 g/mol. The average Bonchev–Trinajstić information content (AvgIpc) is 2.78. The number of carbonyl (C=O) groups is 4. The van der Waals surface area contributed by atoms with E-state index in [4.69, 9.17) is 10.5 Å². The summed E-state index contributed by atoms with van der Waals surface area (Å²) in [5, 5.41) is 5.69. The molecule has 0 radical (unpaired) electrons. The molecule has 0 heterocycles. The molecule has 0 bridgehead atoms. The zero-order chi connectivity index (χ0) is 27.0. The number of rotatable bonds is 9. The van der Waals surface area contributed by atoms with E-state index in [9.17, 15) is 19.2 Å². The van der Waals surface area contributed by atoms with Gasteiger partial charge >= 0.3 is 6.09 Å². The number of benzene rings is 1. The Kier molecular flexibility index (Phi) is 10.3. The van der Waals surface area contributed by atoms with Gasteiger partial charge in [-0.05, 0) is 70.6 Å². The zero-order valence-corrected chi connectivity index (χ0v) is 22.5. The fourth-order valence-corrected chi connectivity index (χ4v) is 4.38. The molecule has 0 saturated heterocycles. The van der Waals surface area contributed by atoms with E-state index >= 15 is 0 Å². The number of primary amides is 1. The number of ether oxygens (including phenoxy) is 1. The predicted molar refractivity (Wildman–Crippen MR) is 138 cm³/mol. The normalized spacial score (nSPS) is 15.9. The quantitative estimate of drug-likeness (QED) is 0.476. The molecule has 4 amide bonds. The van der Waals surface area contributed by atoms with E-state index < -0.39 is 35.6 Å². The third-order valence-electron chi connectivity index (χ3n) is 6.45. The summed E-state index contributed by atoms with van der Waals surface area (Å²) >= 11 is 0. The van der Waals surface area contributed by atoms with Crippen molar-refractivity contribution in [3.63, 3.8) is 0 Å². The standard InChI is InChI=1S/C27H42N4O5/c1-17-12-13-19(16-18(17)2)23(24(33)29-20-10-8-7-9-11-20)31(6)25(34)21(14-15-22(28)32)30-26(35)36-27(3,4)5/h12-13,16,20-21,23H,7-11,14-15H2,1-6H3,(H2,28,32)(H,29,33)(H,30,35). The smallest absolute Gasteiger partial charge is 0.408 e. The summed E-state index contributed by atoms with van der Waals surface area (Å²) < 4.78 is 5.31. The maximum Gasteiger partial charge on any atom is 0.408 e. The molecule has 4 N–H and O–H groups in total. The topological polar surface area (TPSA) is 131 Å². The SMILES string of the molecule is Cc1ccc(C(C(=O)NC2CCCCC2)N(C)C(=O)C(CCC(N)=O)NC(=O)OC(C)(C)C)cc1C. The number of alkyl carbamates (subject to hydrolysis) is 1. The summed E-state index contributed by atoms with van der Waals surface area (Å²) in [4.78, 5) is 52.5. The molecule has 0 spiro atoms. The molecule has 0 aliphatic heterocycles.